The molecule has 0 atom stereocenters. The van der Waals surface area contributed by atoms with Crippen LogP contribution < -0.4 is 10.3 Å². The standard InChI is InChI=1S/C20H20FN3O3/c1-3-24(12-13-8-9-18(27-2)16(21)10-13)19(25)11-17-14-6-4-5-7-15(14)20(26)23-22-17/h4-10H,3,11-12H2,1-2H3,(H,23,26). The van der Waals surface area contributed by atoms with Gasteiger partial charge in [0.25, 0.3) is 5.56 Å². The molecule has 0 aliphatic carbocycles. The topological polar surface area (TPSA) is 75.3 Å². The van der Waals surface area contributed by atoms with Crippen LogP contribution in [-0.4, -0.2) is 34.7 Å². The summed E-state index contributed by atoms with van der Waals surface area (Å²) in [6.45, 7) is 2.60. The van der Waals surface area contributed by atoms with Crippen LogP contribution >= 0.6 is 0 Å². The molecule has 140 valence electrons. The van der Waals surface area contributed by atoms with Crippen molar-refractivity contribution in [3.63, 3.8) is 0 Å². The second-order valence-corrected chi connectivity index (χ2v) is 6.10. The lowest BCUT2D eigenvalue weighted by Crippen LogP contribution is -2.32. The predicted molar refractivity (Wildman–Crippen MR) is 100 cm³/mol. The van der Waals surface area contributed by atoms with Gasteiger partial charge >= 0.3 is 0 Å². The molecule has 27 heavy (non-hydrogen) atoms. The molecule has 0 saturated carbocycles. The van der Waals surface area contributed by atoms with Crippen molar-refractivity contribution < 1.29 is 13.9 Å². The number of ether oxygens (including phenoxy) is 1. The van der Waals surface area contributed by atoms with Gasteiger partial charge in [-0.1, -0.05) is 24.3 Å². The van der Waals surface area contributed by atoms with Crippen LogP contribution in [0.1, 0.15) is 18.2 Å². The lowest BCUT2D eigenvalue weighted by molar-refractivity contribution is -0.130. The van der Waals surface area contributed by atoms with Crippen LogP contribution in [0.2, 0.25) is 0 Å². The Kier molecular flexibility index (Phi) is 5.49. The van der Waals surface area contributed by atoms with Gasteiger partial charge in [-0.05, 0) is 30.7 Å². The summed E-state index contributed by atoms with van der Waals surface area (Å²) in [6.07, 6.45) is 0.0454. The Morgan fingerprint density at radius 1 is 1.22 bits per heavy atom. The van der Waals surface area contributed by atoms with E-state index in [9.17, 15) is 14.0 Å². The molecule has 1 amide bonds. The minimum Gasteiger partial charge on any atom is -0.494 e. The number of benzene rings is 2. The van der Waals surface area contributed by atoms with Gasteiger partial charge in [0, 0.05) is 18.5 Å². The van der Waals surface area contributed by atoms with Crippen molar-refractivity contribution in [1.82, 2.24) is 15.1 Å². The van der Waals surface area contributed by atoms with E-state index in [1.807, 2.05) is 6.92 Å². The van der Waals surface area contributed by atoms with Gasteiger partial charge in [0.2, 0.25) is 5.91 Å². The van der Waals surface area contributed by atoms with Gasteiger partial charge in [0.05, 0.1) is 24.6 Å². The highest BCUT2D eigenvalue weighted by molar-refractivity contribution is 5.88. The number of carbonyl (C=O) groups is 1. The van der Waals surface area contributed by atoms with Crippen molar-refractivity contribution in [3.8, 4) is 5.75 Å². The number of fused-ring (bicyclic) bond motifs is 1. The first-order valence-corrected chi connectivity index (χ1v) is 8.60. The molecule has 1 N–H and O–H groups in total. The van der Waals surface area contributed by atoms with Gasteiger partial charge < -0.3 is 9.64 Å². The number of rotatable bonds is 6. The number of halogens is 1. The van der Waals surface area contributed by atoms with Crippen molar-refractivity contribution >= 4 is 16.7 Å². The molecule has 2 aromatic carbocycles. The maximum absolute atomic E-state index is 13.9. The molecule has 0 fully saturated rings. The van der Waals surface area contributed by atoms with Crippen LogP contribution in [0, 0.1) is 5.82 Å². The number of hydrogen-bond acceptors (Lipinski definition) is 4. The van der Waals surface area contributed by atoms with Gasteiger partial charge in [0.1, 0.15) is 0 Å². The van der Waals surface area contributed by atoms with E-state index in [1.165, 1.54) is 13.2 Å². The van der Waals surface area contributed by atoms with Gasteiger partial charge in [-0.15, -0.1) is 0 Å². The predicted octanol–water partition coefficient (Wildman–Crippen LogP) is 2.66. The highest BCUT2D eigenvalue weighted by atomic mass is 19.1. The third-order valence-corrected chi connectivity index (χ3v) is 4.42. The van der Waals surface area contributed by atoms with E-state index in [0.29, 0.717) is 28.6 Å². The molecule has 6 nitrogen and oxygen atoms in total. The molecular weight excluding hydrogens is 349 g/mol. The van der Waals surface area contributed by atoms with Gasteiger partial charge in [-0.3, -0.25) is 9.59 Å². The fraction of sp³-hybridized carbons (Fsp3) is 0.250. The van der Waals surface area contributed by atoms with Crippen LogP contribution in [0.5, 0.6) is 5.75 Å². The lowest BCUT2D eigenvalue weighted by Gasteiger charge is -2.21. The largest absolute Gasteiger partial charge is 0.494 e. The van der Waals surface area contributed by atoms with E-state index >= 15 is 0 Å². The highest BCUT2D eigenvalue weighted by Crippen LogP contribution is 2.19. The van der Waals surface area contributed by atoms with Crippen molar-refractivity contribution in [2.75, 3.05) is 13.7 Å². The first kappa shape index (κ1) is 18.6. The maximum Gasteiger partial charge on any atom is 0.272 e. The van der Waals surface area contributed by atoms with E-state index in [-0.39, 0.29) is 30.2 Å². The van der Waals surface area contributed by atoms with E-state index in [2.05, 4.69) is 10.2 Å². The van der Waals surface area contributed by atoms with E-state index in [1.54, 1.807) is 41.3 Å². The Morgan fingerprint density at radius 2 is 1.96 bits per heavy atom. The smallest absolute Gasteiger partial charge is 0.272 e. The Hall–Kier alpha value is -3.22. The second kappa shape index (κ2) is 7.99. The van der Waals surface area contributed by atoms with Gasteiger partial charge in [-0.2, -0.15) is 5.10 Å². The summed E-state index contributed by atoms with van der Waals surface area (Å²) in [5, 5.41) is 7.63. The molecule has 0 unspecified atom stereocenters. The average molecular weight is 369 g/mol. The minimum absolute atomic E-state index is 0.0454. The summed E-state index contributed by atoms with van der Waals surface area (Å²) in [6, 6.07) is 11.7. The Morgan fingerprint density at radius 3 is 2.63 bits per heavy atom. The number of hydrogen-bond donors (Lipinski definition) is 1. The van der Waals surface area contributed by atoms with Gasteiger partial charge in [0.15, 0.2) is 11.6 Å². The molecule has 0 saturated heterocycles. The number of H-pyrrole nitrogens is 1. The van der Waals surface area contributed by atoms with E-state index in [0.717, 1.165) is 0 Å². The highest BCUT2D eigenvalue weighted by Gasteiger charge is 2.17. The third-order valence-electron chi connectivity index (χ3n) is 4.42. The third kappa shape index (κ3) is 3.97. The number of methoxy groups -OCH3 is 1. The number of nitrogens with zero attached hydrogens (tertiary/aromatic N) is 2. The van der Waals surface area contributed by atoms with Crippen LogP contribution in [-0.2, 0) is 17.8 Å². The van der Waals surface area contributed by atoms with Crippen LogP contribution in [0.25, 0.3) is 10.8 Å². The Bertz CT molecular complexity index is 1030. The fourth-order valence-electron chi connectivity index (χ4n) is 2.97. The Balaban J connectivity index is 1.81. The number of aromatic nitrogens is 2. The first-order chi connectivity index (χ1) is 13.0. The summed E-state index contributed by atoms with van der Waals surface area (Å²) in [4.78, 5) is 26.2. The molecule has 3 rings (SSSR count). The zero-order valence-electron chi connectivity index (χ0n) is 15.2. The zero-order chi connectivity index (χ0) is 19.4. The minimum atomic E-state index is -0.466. The Labute approximate surface area is 155 Å². The monoisotopic (exact) mass is 369 g/mol. The van der Waals surface area contributed by atoms with Crippen LogP contribution in [0.15, 0.2) is 47.3 Å². The summed E-state index contributed by atoms with van der Waals surface area (Å²) in [5.41, 5.74) is 0.889. The van der Waals surface area contributed by atoms with E-state index < -0.39 is 5.82 Å². The van der Waals surface area contributed by atoms with E-state index in [4.69, 9.17) is 4.74 Å². The maximum atomic E-state index is 13.9. The summed E-state index contributed by atoms with van der Waals surface area (Å²) in [7, 11) is 1.40. The second-order valence-electron chi connectivity index (χ2n) is 6.10. The molecule has 1 aromatic heterocycles. The van der Waals surface area contributed by atoms with Crippen molar-refractivity contribution in [1.29, 1.82) is 0 Å². The number of nitrogens with one attached hydrogen (secondary N) is 1. The summed E-state index contributed by atoms with van der Waals surface area (Å²) >= 11 is 0. The zero-order valence-corrected chi connectivity index (χ0v) is 15.2. The van der Waals surface area contributed by atoms with Crippen LogP contribution in [0.3, 0.4) is 0 Å². The SMILES string of the molecule is CCN(Cc1ccc(OC)c(F)c1)C(=O)Cc1n[nH]c(=O)c2ccccc12. The first-order valence-electron chi connectivity index (χ1n) is 8.60. The van der Waals surface area contributed by atoms with Crippen molar-refractivity contribution in [2.45, 2.75) is 19.9 Å². The molecular formula is C20H20FN3O3. The molecule has 0 bridgehead atoms. The number of amides is 1. The number of aromatic amines is 1. The molecule has 3 aromatic rings. The van der Waals surface area contributed by atoms with Crippen LogP contribution in [0.4, 0.5) is 4.39 Å². The quantitative estimate of drug-likeness (QED) is 0.725. The van der Waals surface area contributed by atoms with Gasteiger partial charge in [-0.25, -0.2) is 9.49 Å². The summed E-state index contributed by atoms with van der Waals surface area (Å²) in [5.74, 6) is -0.456. The normalized spacial score (nSPS) is 10.8. The summed E-state index contributed by atoms with van der Waals surface area (Å²) < 4.78 is 18.8. The van der Waals surface area contributed by atoms with Crippen molar-refractivity contribution in [3.05, 3.63) is 69.9 Å². The molecule has 0 radical (unpaired) electrons. The number of likely N-dealkylation sites (N-methyl/N-ethyl adjacent to an activating group) is 1. The molecule has 0 spiro atoms. The average Bonchev–Trinajstić information content (AvgIpc) is 2.68. The lowest BCUT2D eigenvalue weighted by atomic mass is 10.1. The molecule has 0 aliphatic heterocycles. The van der Waals surface area contributed by atoms with Crippen molar-refractivity contribution in [2.24, 2.45) is 0 Å². The molecule has 0 aliphatic rings. The number of carbonyl (C=O) groups excluding carboxylic acids is 1. The fourth-order valence-corrected chi connectivity index (χ4v) is 2.97. The molecule has 1 heterocycles. The molecule has 7 heteroatoms.